The highest BCUT2D eigenvalue weighted by atomic mass is 16.2. The molecule has 0 aromatic carbocycles. The van der Waals surface area contributed by atoms with Crippen LogP contribution >= 0.6 is 0 Å². The van der Waals surface area contributed by atoms with Crippen molar-refractivity contribution in [2.45, 2.75) is 39.4 Å². The first-order chi connectivity index (χ1) is 9.46. The van der Waals surface area contributed by atoms with Crippen LogP contribution in [0.2, 0.25) is 0 Å². The predicted molar refractivity (Wildman–Crippen MR) is 73.4 cm³/mol. The molecule has 4 N–H and O–H groups in total. The Bertz CT molecular complexity index is 457. The van der Waals surface area contributed by atoms with Gasteiger partial charge in [0.2, 0.25) is 11.8 Å². The highest BCUT2D eigenvalue weighted by Gasteiger charge is 2.21. The van der Waals surface area contributed by atoms with Crippen molar-refractivity contribution in [2.24, 2.45) is 11.7 Å². The summed E-state index contributed by atoms with van der Waals surface area (Å²) in [5.41, 5.74) is 6.03. The standard InChI is InChI=1S/C12H22N6O2/c1-8(2)4-10(12(20)14-3)15-11(19)7-18-6-9(5-13)16-17-18/h6,8,10H,4-5,7,13H2,1-3H3,(H,14,20)(H,15,19). The van der Waals surface area contributed by atoms with Crippen LogP contribution in [-0.4, -0.2) is 39.9 Å². The molecule has 1 heterocycles. The van der Waals surface area contributed by atoms with Gasteiger partial charge in [-0.1, -0.05) is 19.1 Å². The summed E-state index contributed by atoms with van der Waals surface area (Å²) in [7, 11) is 1.55. The molecule has 0 bridgehead atoms. The Labute approximate surface area is 118 Å². The fourth-order valence-corrected chi connectivity index (χ4v) is 1.77. The molecule has 0 fully saturated rings. The molecule has 0 radical (unpaired) electrons. The third-order valence-corrected chi connectivity index (χ3v) is 2.71. The summed E-state index contributed by atoms with van der Waals surface area (Å²) in [5.74, 6) is -0.186. The van der Waals surface area contributed by atoms with E-state index in [4.69, 9.17) is 5.73 Å². The van der Waals surface area contributed by atoms with Crippen molar-refractivity contribution in [3.05, 3.63) is 11.9 Å². The number of nitrogens with one attached hydrogen (secondary N) is 2. The van der Waals surface area contributed by atoms with Crippen LogP contribution in [0.3, 0.4) is 0 Å². The maximum Gasteiger partial charge on any atom is 0.242 e. The van der Waals surface area contributed by atoms with Crippen LogP contribution in [0.5, 0.6) is 0 Å². The number of likely N-dealkylation sites (N-methyl/N-ethyl adjacent to an activating group) is 1. The molecule has 0 aliphatic heterocycles. The second-order valence-corrected chi connectivity index (χ2v) is 4.98. The predicted octanol–water partition coefficient (Wildman–Crippen LogP) is -0.986. The molecule has 8 nitrogen and oxygen atoms in total. The number of hydrogen-bond donors (Lipinski definition) is 3. The van der Waals surface area contributed by atoms with Gasteiger partial charge in [-0.3, -0.25) is 9.59 Å². The quantitative estimate of drug-likeness (QED) is 0.594. The van der Waals surface area contributed by atoms with Crippen molar-refractivity contribution >= 4 is 11.8 Å². The zero-order valence-electron chi connectivity index (χ0n) is 12.1. The Morgan fingerprint density at radius 3 is 2.65 bits per heavy atom. The molecule has 0 aliphatic carbocycles. The average molecular weight is 282 g/mol. The molecule has 1 aromatic rings. The van der Waals surface area contributed by atoms with Crippen molar-refractivity contribution in [1.29, 1.82) is 0 Å². The molecule has 1 unspecified atom stereocenters. The number of aromatic nitrogens is 3. The minimum Gasteiger partial charge on any atom is -0.357 e. The highest BCUT2D eigenvalue weighted by molar-refractivity contribution is 5.87. The third-order valence-electron chi connectivity index (χ3n) is 2.71. The van der Waals surface area contributed by atoms with E-state index in [1.54, 1.807) is 13.2 Å². The highest BCUT2D eigenvalue weighted by Crippen LogP contribution is 2.05. The van der Waals surface area contributed by atoms with Crippen molar-refractivity contribution in [3.8, 4) is 0 Å². The van der Waals surface area contributed by atoms with Crippen molar-refractivity contribution in [3.63, 3.8) is 0 Å². The lowest BCUT2D eigenvalue weighted by atomic mass is 10.0. The third kappa shape index (κ3) is 4.96. The van der Waals surface area contributed by atoms with Crippen molar-refractivity contribution in [1.82, 2.24) is 25.6 Å². The zero-order valence-corrected chi connectivity index (χ0v) is 12.1. The van der Waals surface area contributed by atoms with Gasteiger partial charge in [-0.25, -0.2) is 4.68 Å². The number of carbonyl (C=O) groups excluding carboxylic acids is 2. The second kappa shape index (κ2) is 7.59. The lowest BCUT2D eigenvalue weighted by Crippen LogP contribution is -2.47. The molecule has 112 valence electrons. The number of carbonyl (C=O) groups is 2. The van der Waals surface area contributed by atoms with Gasteiger partial charge < -0.3 is 16.4 Å². The van der Waals surface area contributed by atoms with Gasteiger partial charge in [-0.2, -0.15) is 0 Å². The minimum atomic E-state index is -0.537. The smallest absolute Gasteiger partial charge is 0.242 e. The van der Waals surface area contributed by atoms with E-state index in [-0.39, 0.29) is 24.9 Å². The van der Waals surface area contributed by atoms with Gasteiger partial charge in [0.15, 0.2) is 0 Å². The molecule has 20 heavy (non-hydrogen) atoms. The van der Waals surface area contributed by atoms with E-state index in [0.29, 0.717) is 18.0 Å². The number of hydrogen-bond acceptors (Lipinski definition) is 5. The van der Waals surface area contributed by atoms with Crippen LogP contribution in [0, 0.1) is 5.92 Å². The average Bonchev–Trinajstić information content (AvgIpc) is 2.84. The first-order valence-corrected chi connectivity index (χ1v) is 6.56. The molecule has 0 saturated heterocycles. The molecular weight excluding hydrogens is 260 g/mol. The summed E-state index contributed by atoms with van der Waals surface area (Å²) >= 11 is 0. The SMILES string of the molecule is CNC(=O)C(CC(C)C)NC(=O)Cn1cc(CN)nn1. The monoisotopic (exact) mass is 282 g/mol. The fourth-order valence-electron chi connectivity index (χ4n) is 1.77. The molecule has 2 amide bonds. The Kier molecular flexibility index (Phi) is 6.10. The molecular formula is C12H22N6O2. The van der Waals surface area contributed by atoms with E-state index < -0.39 is 6.04 Å². The van der Waals surface area contributed by atoms with Crippen LogP contribution in [0.15, 0.2) is 6.20 Å². The summed E-state index contributed by atoms with van der Waals surface area (Å²) < 4.78 is 1.40. The summed E-state index contributed by atoms with van der Waals surface area (Å²) in [6.45, 7) is 4.27. The summed E-state index contributed by atoms with van der Waals surface area (Å²) in [6, 6.07) is -0.537. The van der Waals surface area contributed by atoms with Gasteiger partial charge in [0.05, 0.1) is 11.9 Å². The molecule has 0 spiro atoms. The lowest BCUT2D eigenvalue weighted by molar-refractivity contribution is -0.129. The first kappa shape index (κ1) is 16.1. The van der Waals surface area contributed by atoms with Crippen molar-refractivity contribution < 1.29 is 9.59 Å². The van der Waals surface area contributed by atoms with E-state index in [0.717, 1.165) is 0 Å². The molecule has 0 saturated carbocycles. The van der Waals surface area contributed by atoms with E-state index in [1.807, 2.05) is 13.8 Å². The number of amides is 2. The van der Waals surface area contributed by atoms with Crippen LogP contribution in [0.25, 0.3) is 0 Å². The van der Waals surface area contributed by atoms with E-state index in [2.05, 4.69) is 20.9 Å². The Morgan fingerprint density at radius 2 is 2.15 bits per heavy atom. The van der Waals surface area contributed by atoms with E-state index >= 15 is 0 Å². The molecule has 1 atom stereocenters. The number of nitrogens with zero attached hydrogens (tertiary/aromatic N) is 3. The van der Waals surface area contributed by atoms with Gasteiger partial charge in [0.1, 0.15) is 12.6 Å². The van der Waals surface area contributed by atoms with Gasteiger partial charge in [0.25, 0.3) is 0 Å². The zero-order chi connectivity index (χ0) is 15.1. The van der Waals surface area contributed by atoms with E-state index in [9.17, 15) is 9.59 Å². The molecule has 1 aromatic heterocycles. The Hall–Kier alpha value is -1.96. The first-order valence-electron chi connectivity index (χ1n) is 6.56. The van der Waals surface area contributed by atoms with Crippen LogP contribution in [-0.2, 0) is 22.7 Å². The Balaban J connectivity index is 2.58. The second-order valence-electron chi connectivity index (χ2n) is 4.98. The van der Waals surface area contributed by atoms with Crippen LogP contribution in [0.4, 0.5) is 0 Å². The minimum absolute atomic E-state index is 0.0125. The summed E-state index contributed by atoms with van der Waals surface area (Å²) in [5, 5.41) is 12.8. The largest absolute Gasteiger partial charge is 0.357 e. The number of nitrogens with two attached hydrogens (primary N) is 1. The molecule has 1 rings (SSSR count). The number of rotatable bonds is 7. The maximum atomic E-state index is 11.9. The normalized spacial score (nSPS) is 12.2. The molecule has 8 heteroatoms. The topological polar surface area (TPSA) is 115 Å². The molecule has 0 aliphatic rings. The maximum absolute atomic E-state index is 11.9. The lowest BCUT2D eigenvalue weighted by Gasteiger charge is -2.19. The van der Waals surface area contributed by atoms with Crippen molar-refractivity contribution in [2.75, 3.05) is 7.05 Å². The van der Waals surface area contributed by atoms with Gasteiger partial charge >= 0.3 is 0 Å². The van der Waals surface area contributed by atoms with Gasteiger partial charge in [0, 0.05) is 13.6 Å². The summed E-state index contributed by atoms with van der Waals surface area (Å²) in [6.07, 6.45) is 2.19. The van der Waals surface area contributed by atoms with Crippen LogP contribution in [0.1, 0.15) is 26.0 Å². The fraction of sp³-hybridized carbons (Fsp3) is 0.667. The van der Waals surface area contributed by atoms with Gasteiger partial charge in [-0.05, 0) is 12.3 Å². The summed E-state index contributed by atoms with van der Waals surface area (Å²) in [4.78, 5) is 23.6. The van der Waals surface area contributed by atoms with Crippen LogP contribution < -0.4 is 16.4 Å². The van der Waals surface area contributed by atoms with Gasteiger partial charge in [-0.15, -0.1) is 5.10 Å². The Morgan fingerprint density at radius 1 is 1.45 bits per heavy atom. The van der Waals surface area contributed by atoms with E-state index in [1.165, 1.54) is 4.68 Å².